The van der Waals surface area contributed by atoms with Crippen molar-refractivity contribution in [2.75, 3.05) is 13.7 Å². The Balaban J connectivity index is 1.92. The molecule has 0 saturated heterocycles. The second-order valence-electron chi connectivity index (χ2n) is 5.30. The lowest BCUT2D eigenvalue weighted by molar-refractivity contribution is 0.407. The summed E-state index contributed by atoms with van der Waals surface area (Å²) in [4.78, 5) is 8.52. The van der Waals surface area contributed by atoms with Crippen LogP contribution in [0.4, 0.5) is 0 Å². The van der Waals surface area contributed by atoms with Crippen LogP contribution in [-0.2, 0) is 6.54 Å². The maximum absolute atomic E-state index is 5.77. The molecule has 6 nitrogen and oxygen atoms in total. The van der Waals surface area contributed by atoms with Crippen molar-refractivity contribution in [3.63, 3.8) is 0 Å². The second kappa shape index (κ2) is 8.57. The van der Waals surface area contributed by atoms with Gasteiger partial charge in [-0.1, -0.05) is 24.3 Å². The van der Waals surface area contributed by atoms with Crippen LogP contribution in [0, 0.1) is 0 Å². The molecule has 0 aliphatic rings. The molecule has 6 heteroatoms. The topological polar surface area (TPSA) is 81.8 Å². The third kappa shape index (κ3) is 5.64. The van der Waals surface area contributed by atoms with Crippen LogP contribution < -0.4 is 20.5 Å². The predicted octanol–water partition coefficient (Wildman–Crippen LogP) is 2.86. The first kappa shape index (κ1) is 17.3. The Morgan fingerprint density at radius 1 is 1.29 bits per heavy atom. The summed E-state index contributed by atoms with van der Waals surface area (Å²) < 4.78 is 10.9. The number of rotatable bonds is 7. The minimum absolute atomic E-state index is 0.384. The molecule has 0 fully saturated rings. The van der Waals surface area contributed by atoms with Gasteiger partial charge in [0.25, 0.3) is 0 Å². The summed E-state index contributed by atoms with van der Waals surface area (Å²) in [6, 6.07) is 11.1. The van der Waals surface area contributed by atoms with Crippen LogP contribution >= 0.6 is 0 Å². The van der Waals surface area contributed by atoms with Crippen LogP contribution in [0.1, 0.15) is 12.5 Å². The van der Waals surface area contributed by atoms with E-state index in [1.807, 2.05) is 31.2 Å². The van der Waals surface area contributed by atoms with Crippen molar-refractivity contribution in [1.29, 1.82) is 0 Å². The fourth-order valence-corrected chi connectivity index (χ4v) is 1.82. The molecular weight excluding hydrogens is 304 g/mol. The van der Waals surface area contributed by atoms with E-state index in [0.29, 0.717) is 30.7 Å². The zero-order valence-electron chi connectivity index (χ0n) is 14.0. The molecule has 0 aliphatic heterocycles. The number of pyridine rings is 1. The van der Waals surface area contributed by atoms with E-state index in [9.17, 15) is 0 Å². The monoisotopic (exact) mass is 326 g/mol. The average Bonchev–Trinajstić information content (AvgIpc) is 2.59. The SMILES string of the molecule is C=C(C)CNC(N)=NCc1ccc(Oc2cccc(OC)c2)nc1. The number of nitrogens with two attached hydrogens (primary N) is 1. The Kier molecular flexibility index (Phi) is 6.19. The van der Waals surface area contributed by atoms with Gasteiger partial charge >= 0.3 is 0 Å². The summed E-state index contributed by atoms with van der Waals surface area (Å²) in [5.41, 5.74) is 7.70. The highest BCUT2D eigenvalue weighted by Gasteiger charge is 2.01. The highest BCUT2D eigenvalue weighted by atomic mass is 16.5. The van der Waals surface area contributed by atoms with E-state index < -0.39 is 0 Å². The van der Waals surface area contributed by atoms with E-state index in [4.69, 9.17) is 15.2 Å². The third-order valence-electron chi connectivity index (χ3n) is 3.06. The van der Waals surface area contributed by atoms with Gasteiger partial charge in [0.1, 0.15) is 11.5 Å². The lowest BCUT2D eigenvalue weighted by Gasteiger charge is -2.07. The maximum atomic E-state index is 5.77. The first-order chi connectivity index (χ1) is 11.6. The molecule has 2 rings (SSSR count). The molecule has 0 atom stereocenters. The van der Waals surface area contributed by atoms with Crippen molar-refractivity contribution in [3.05, 3.63) is 60.3 Å². The summed E-state index contributed by atoms with van der Waals surface area (Å²) in [6.45, 7) is 6.78. The van der Waals surface area contributed by atoms with Crippen LogP contribution in [0.2, 0.25) is 0 Å². The van der Waals surface area contributed by atoms with Crippen LogP contribution in [0.5, 0.6) is 17.4 Å². The molecule has 0 unspecified atom stereocenters. The van der Waals surface area contributed by atoms with Crippen molar-refractivity contribution in [2.45, 2.75) is 13.5 Å². The van der Waals surface area contributed by atoms with Gasteiger partial charge in [0.05, 0.1) is 13.7 Å². The highest BCUT2D eigenvalue weighted by Crippen LogP contribution is 2.23. The molecule has 1 aromatic heterocycles. The number of nitrogens with one attached hydrogen (secondary N) is 1. The molecule has 0 amide bonds. The molecule has 2 aromatic rings. The Morgan fingerprint density at radius 2 is 2.08 bits per heavy atom. The first-order valence-corrected chi connectivity index (χ1v) is 7.52. The number of methoxy groups -OCH3 is 1. The number of hydrogen-bond acceptors (Lipinski definition) is 4. The van der Waals surface area contributed by atoms with Gasteiger partial charge in [-0.3, -0.25) is 0 Å². The number of hydrogen-bond donors (Lipinski definition) is 2. The molecule has 0 aliphatic carbocycles. The minimum atomic E-state index is 0.384. The maximum Gasteiger partial charge on any atom is 0.219 e. The number of aliphatic imine (C=N–C) groups is 1. The summed E-state index contributed by atoms with van der Waals surface area (Å²) in [5, 5.41) is 2.98. The van der Waals surface area contributed by atoms with E-state index in [2.05, 4.69) is 21.9 Å². The van der Waals surface area contributed by atoms with Crippen molar-refractivity contribution in [2.24, 2.45) is 10.7 Å². The van der Waals surface area contributed by atoms with Gasteiger partial charge < -0.3 is 20.5 Å². The zero-order chi connectivity index (χ0) is 17.4. The highest BCUT2D eigenvalue weighted by molar-refractivity contribution is 5.78. The number of benzene rings is 1. The minimum Gasteiger partial charge on any atom is -0.497 e. The lowest BCUT2D eigenvalue weighted by Crippen LogP contribution is -2.32. The van der Waals surface area contributed by atoms with Crippen molar-refractivity contribution in [3.8, 4) is 17.4 Å². The molecule has 3 N–H and O–H groups in total. The van der Waals surface area contributed by atoms with E-state index in [-0.39, 0.29) is 0 Å². The van der Waals surface area contributed by atoms with Gasteiger partial charge in [-0.05, 0) is 24.6 Å². The Labute approximate surface area is 142 Å². The third-order valence-corrected chi connectivity index (χ3v) is 3.06. The molecule has 1 aromatic carbocycles. The molecule has 1 heterocycles. The smallest absolute Gasteiger partial charge is 0.219 e. The second-order valence-corrected chi connectivity index (χ2v) is 5.30. The van der Waals surface area contributed by atoms with Gasteiger partial charge in [-0.25, -0.2) is 9.98 Å². The Bertz CT molecular complexity index is 711. The van der Waals surface area contributed by atoms with Gasteiger partial charge in [-0.15, -0.1) is 0 Å². The largest absolute Gasteiger partial charge is 0.497 e. The predicted molar refractivity (Wildman–Crippen MR) is 95.4 cm³/mol. The summed E-state index contributed by atoms with van der Waals surface area (Å²) in [6.07, 6.45) is 1.71. The van der Waals surface area contributed by atoms with Crippen LogP contribution in [-0.4, -0.2) is 24.6 Å². The Hall–Kier alpha value is -3.02. The van der Waals surface area contributed by atoms with Crippen molar-refractivity contribution < 1.29 is 9.47 Å². The fourth-order valence-electron chi connectivity index (χ4n) is 1.82. The summed E-state index contributed by atoms with van der Waals surface area (Å²) in [7, 11) is 1.61. The normalized spacial score (nSPS) is 11.0. The van der Waals surface area contributed by atoms with Gasteiger partial charge in [0.2, 0.25) is 5.88 Å². The number of nitrogens with zero attached hydrogens (tertiary/aromatic N) is 2. The molecule has 0 spiro atoms. The zero-order valence-corrected chi connectivity index (χ0v) is 14.0. The standard InChI is InChI=1S/C18H22N4O2/c1-13(2)10-21-18(19)22-12-14-7-8-17(20-11-14)24-16-6-4-5-15(9-16)23-3/h4-9,11H,1,10,12H2,2-3H3,(H3,19,21,22). The van der Waals surface area contributed by atoms with Crippen LogP contribution in [0.3, 0.4) is 0 Å². The molecule has 126 valence electrons. The number of ether oxygens (including phenoxy) is 2. The van der Waals surface area contributed by atoms with Crippen molar-refractivity contribution >= 4 is 5.96 Å². The van der Waals surface area contributed by atoms with Crippen molar-refractivity contribution in [1.82, 2.24) is 10.3 Å². The molecular formula is C18H22N4O2. The van der Waals surface area contributed by atoms with Crippen LogP contribution in [0.15, 0.2) is 59.7 Å². The molecule has 0 bridgehead atoms. The molecule has 0 radical (unpaired) electrons. The number of aromatic nitrogens is 1. The Morgan fingerprint density at radius 3 is 2.75 bits per heavy atom. The lowest BCUT2D eigenvalue weighted by atomic mass is 10.3. The summed E-state index contributed by atoms with van der Waals surface area (Å²) >= 11 is 0. The average molecular weight is 326 g/mol. The quantitative estimate of drug-likeness (QED) is 0.464. The summed E-state index contributed by atoms with van der Waals surface area (Å²) in [5.74, 6) is 2.29. The van der Waals surface area contributed by atoms with E-state index in [1.54, 1.807) is 25.4 Å². The number of guanidine groups is 1. The first-order valence-electron chi connectivity index (χ1n) is 7.52. The molecule has 24 heavy (non-hydrogen) atoms. The van der Waals surface area contributed by atoms with Crippen LogP contribution in [0.25, 0.3) is 0 Å². The van der Waals surface area contributed by atoms with E-state index in [1.165, 1.54) is 0 Å². The molecule has 0 saturated carbocycles. The van der Waals surface area contributed by atoms with Gasteiger partial charge in [0, 0.05) is 24.9 Å². The fraction of sp³-hybridized carbons (Fsp3) is 0.222. The van der Waals surface area contributed by atoms with E-state index in [0.717, 1.165) is 16.9 Å². The van der Waals surface area contributed by atoms with E-state index >= 15 is 0 Å². The van der Waals surface area contributed by atoms with Gasteiger partial charge in [-0.2, -0.15) is 0 Å². The van der Waals surface area contributed by atoms with Gasteiger partial charge in [0.15, 0.2) is 5.96 Å².